The van der Waals surface area contributed by atoms with E-state index in [4.69, 9.17) is 52.3 Å². The number of aliphatic hydroxyl groups excluding tert-OH is 2. The lowest BCUT2D eigenvalue weighted by atomic mass is 10.1. The number of nitrogens with one attached hydrogen (secondary N) is 2. The van der Waals surface area contributed by atoms with Gasteiger partial charge in [0.1, 0.15) is 23.0 Å². The Balaban J connectivity index is 0. The normalized spacial score (nSPS) is 13.0. The Morgan fingerprint density at radius 1 is 0.634 bits per heavy atom. The minimum Gasteiger partial charge on any atom is -0.508 e. The molecular formula is C25H41Cl3N2O10S. The van der Waals surface area contributed by atoms with Gasteiger partial charge in [-0.1, -0.05) is 34.8 Å². The van der Waals surface area contributed by atoms with Gasteiger partial charge in [-0.25, -0.2) is 0 Å². The van der Waals surface area contributed by atoms with E-state index in [0.717, 1.165) is 0 Å². The maximum absolute atomic E-state index is 9.85. The van der Waals surface area contributed by atoms with Crippen molar-refractivity contribution >= 4 is 45.2 Å². The SMILES string of the molecule is CC(C)(C)NCC(O)c1cc(O)cc(O)c1.CC(C)(C)NCC(O)c1cc(O)cc(O)c1.ClC(Cl)Cl.O=S(=O)(O)O. The number of hydrogen-bond acceptors (Lipinski definition) is 10. The number of β-amino-alcohol motifs (C(OH)–C–C–N with tert-alkyl or cyclic N) is 2. The van der Waals surface area contributed by atoms with Crippen LogP contribution in [0, 0.1) is 0 Å². The van der Waals surface area contributed by atoms with Crippen molar-refractivity contribution in [3.8, 4) is 23.0 Å². The molecule has 2 aromatic rings. The Hall–Kier alpha value is -1.78. The van der Waals surface area contributed by atoms with Crippen LogP contribution in [0.1, 0.15) is 64.9 Å². The summed E-state index contributed by atoms with van der Waals surface area (Å²) in [6.45, 7) is 12.7. The first kappa shape index (κ1) is 41.4. The van der Waals surface area contributed by atoms with Crippen LogP contribution < -0.4 is 10.6 Å². The number of benzene rings is 2. The molecule has 0 bridgehead atoms. The summed E-state index contributed by atoms with van der Waals surface area (Å²) in [7, 11) is -4.67. The van der Waals surface area contributed by atoms with E-state index >= 15 is 0 Å². The topological polar surface area (TPSA) is 220 Å². The van der Waals surface area contributed by atoms with Crippen LogP contribution in [0.5, 0.6) is 23.0 Å². The van der Waals surface area contributed by atoms with Crippen LogP contribution in [-0.2, 0) is 10.4 Å². The molecule has 12 nitrogen and oxygen atoms in total. The second kappa shape index (κ2) is 18.7. The van der Waals surface area contributed by atoms with Crippen molar-refractivity contribution in [1.29, 1.82) is 0 Å². The zero-order valence-corrected chi connectivity index (χ0v) is 26.6. The smallest absolute Gasteiger partial charge is 0.394 e. The number of hydrogen-bond donors (Lipinski definition) is 10. The first-order chi connectivity index (χ1) is 18.3. The molecule has 0 radical (unpaired) electrons. The van der Waals surface area contributed by atoms with Gasteiger partial charge >= 0.3 is 10.4 Å². The van der Waals surface area contributed by atoms with Crippen LogP contribution in [0.25, 0.3) is 0 Å². The molecule has 0 heterocycles. The molecule has 0 amide bonds. The molecular weight excluding hydrogens is 627 g/mol. The molecule has 0 aliphatic carbocycles. The highest BCUT2D eigenvalue weighted by Crippen LogP contribution is 2.26. The fraction of sp³-hybridized carbons (Fsp3) is 0.520. The summed E-state index contributed by atoms with van der Waals surface area (Å²) in [6.07, 6.45) is -1.51. The molecule has 0 aliphatic heterocycles. The fourth-order valence-electron chi connectivity index (χ4n) is 2.66. The maximum Gasteiger partial charge on any atom is 0.394 e. The van der Waals surface area contributed by atoms with Crippen molar-refractivity contribution in [2.45, 2.75) is 69.1 Å². The Morgan fingerprint density at radius 2 is 0.829 bits per heavy atom. The number of phenolic OH excluding ortho intramolecular Hbond substituents is 4. The third-order valence-corrected chi connectivity index (χ3v) is 4.27. The van der Waals surface area contributed by atoms with Crippen LogP contribution >= 0.6 is 34.8 Å². The summed E-state index contributed by atoms with van der Waals surface area (Å²) >= 11 is 14.4. The molecule has 2 aromatic carbocycles. The van der Waals surface area contributed by atoms with Gasteiger partial charge in [0, 0.05) is 36.3 Å². The van der Waals surface area contributed by atoms with Gasteiger partial charge < -0.3 is 41.3 Å². The van der Waals surface area contributed by atoms with Gasteiger partial charge in [0.25, 0.3) is 0 Å². The lowest BCUT2D eigenvalue weighted by molar-refractivity contribution is 0.162. The van der Waals surface area contributed by atoms with Crippen molar-refractivity contribution in [3.63, 3.8) is 0 Å². The summed E-state index contributed by atoms with van der Waals surface area (Å²) < 4.78 is 30.8. The molecule has 0 aromatic heterocycles. The highest BCUT2D eigenvalue weighted by molar-refractivity contribution is 7.79. The quantitative estimate of drug-likeness (QED) is 0.153. The Morgan fingerprint density at radius 3 is 1.00 bits per heavy atom. The first-order valence-electron chi connectivity index (χ1n) is 11.8. The standard InChI is InChI=1S/2C12H19NO3.CHCl3.H2O4S/c2*1-12(2,3)13-7-11(16)8-4-9(14)6-10(15)5-8;2-1(3)4;1-5(2,3)4/h2*4-6,11,13-16H,7H2,1-3H3;1H;(H2,1,2,3,4). The maximum atomic E-state index is 9.85. The molecule has 0 saturated carbocycles. The molecule has 0 saturated heterocycles. The number of aliphatic hydroxyl groups is 2. The summed E-state index contributed by atoms with van der Waals surface area (Å²) in [6, 6.07) is 8.22. The largest absolute Gasteiger partial charge is 0.508 e. The number of alkyl halides is 3. The second-order valence-corrected chi connectivity index (χ2v) is 13.4. The molecule has 2 atom stereocenters. The summed E-state index contributed by atoms with van der Waals surface area (Å²) in [4.78, 5) is 0. The van der Waals surface area contributed by atoms with Crippen LogP contribution in [0.3, 0.4) is 0 Å². The van der Waals surface area contributed by atoms with Crippen molar-refractivity contribution in [3.05, 3.63) is 47.5 Å². The fourth-order valence-corrected chi connectivity index (χ4v) is 2.66. The molecule has 0 aliphatic rings. The third-order valence-electron chi connectivity index (χ3n) is 4.27. The summed E-state index contributed by atoms with van der Waals surface area (Å²) in [5.41, 5.74) is 0.822. The van der Waals surface area contributed by atoms with Gasteiger partial charge in [-0.2, -0.15) is 8.42 Å². The zero-order valence-electron chi connectivity index (χ0n) is 23.5. The van der Waals surface area contributed by atoms with Gasteiger partial charge in [0.05, 0.1) is 12.2 Å². The van der Waals surface area contributed by atoms with Crippen LogP contribution in [-0.4, -0.2) is 76.6 Å². The van der Waals surface area contributed by atoms with Gasteiger partial charge in [-0.3, -0.25) is 9.11 Å². The summed E-state index contributed by atoms with van der Waals surface area (Å²) in [5, 5.41) is 63.1. The van der Waals surface area contributed by atoms with Crippen LogP contribution in [0.2, 0.25) is 0 Å². The van der Waals surface area contributed by atoms with E-state index in [2.05, 4.69) is 10.6 Å². The second-order valence-electron chi connectivity index (χ2n) is 10.6. The number of aromatic hydroxyl groups is 4. The highest BCUT2D eigenvalue weighted by atomic mass is 35.6. The number of halogens is 3. The lowest BCUT2D eigenvalue weighted by Gasteiger charge is -2.23. The number of rotatable bonds is 6. The summed E-state index contributed by atoms with van der Waals surface area (Å²) in [5.74, 6) is -0.204. The highest BCUT2D eigenvalue weighted by Gasteiger charge is 2.15. The van der Waals surface area contributed by atoms with E-state index in [-0.39, 0.29) is 34.1 Å². The number of phenols is 4. The minimum atomic E-state index is -4.67. The van der Waals surface area contributed by atoms with Crippen molar-refractivity contribution in [2.24, 2.45) is 0 Å². The van der Waals surface area contributed by atoms with Crippen molar-refractivity contribution in [1.82, 2.24) is 10.6 Å². The van der Waals surface area contributed by atoms with Gasteiger partial charge in [-0.05, 0) is 76.9 Å². The van der Waals surface area contributed by atoms with Crippen molar-refractivity contribution in [2.75, 3.05) is 13.1 Å². The molecule has 41 heavy (non-hydrogen) atoms. The molecule has 2 rings (SSSR count). The van der Waals surface area contributed by atoms with E-state index in [1.807, 2.05) is 41.5 Å². The average molecular weight is 668 g/mol. The molecule has 238 valence electrons. The Labute approximate surface area is 256 Å². The van der Waals surface area contributed by atoms with Gasteiger partial charge in [0.15, 0.2) is 4.30 Å². The van der Waals surface area contributed by atoms with Crippen LogP contribution in [0.4, 0.5) is 0 Å². The molecule has 10 N–H and O–H groups in total. The Kier molecular flexibility index (Phi) is 18.9. The predicted octanol–water partition coefficient (Wildman–Crippen LogP) is 4.37. The average Bonchev–Trinajstić information content (AvgIpc) is 2.72. The molecule has 0 fully saturated rings. The zero-order chi connectivity index (χ0) is 32.8. The van der Waals surface area contributed by atoms with Crippen LogP contribution in [0.15, 0.2) is 36.4 Å². The van der Waals surface area contributed by atoms with E-state index in [0.29, 0.717) is 24.2 Å². The first-order valence-corrected chi connectivity index (χ1v) is 14.5. The van der Waals surface area contributed by atoms with E-state index < -0.39 is 26.9 Å². The molecule has 2 unspecified atom stereocenters. The third kappa shape index (κ3) is 28.1. The van der Waals surface area contributed by atoms with Crippen molar-refractivity contribution < 1.29 is 48.2 Å². The Bertz CT molecular complexity index is 1020. The van der Waals surface area contributed by atoms with Gasteiger partial charge in [0.2, 0.25) is 0 Å². The van der Waals surface area contributed by atoms with E-state index in [1.54, 1.807) is 0 Å². The molecule has 16 heteroatoms. The lowest BCUT2D eigenvalue weighted by Crippen LogP contribution is -2.38. The van der Waals surface area contributed by atoms with E-state index in [9.17, 15) is 30.6 Å². The van der Waals surface area contributed by atoms with E-state index in [1.165, 1.54) is 36.4 Å². The van der Waals surface area contributed by atoms with Gasteiger partial charge in [-0.15, -0.1) is 0 Å². The predicted molar refractivity (Wildman–Crippen MR) is 160 cm³/mol. The minimum absolute atomic E-state index is 0.0511. The molecule has 0 spiro atoms. The monoisotopic (exact) mass is 666 g/mol.